The van der Waals surface area contributed by atoms with E-state index in [2.05, 4.69) is 15.3 Å². The lowest BCUT2D eigenvalue weighted by Crippen LogP contribution is -2.24. The first kappa shape index (κ1) is 18.2. The number of ether oxygens (including phenoxy) is 3. The molecule has 4 N–H and O–H groups in total. The third-order valence-corrected chi connectivity index (χ3v) is 5.04. The highest BCUT2D eigenvalue weighted by molar-refractivity contribution is 6.06. The number of nitrogens with one attached hydrogen (secondary N) is 2. The molecule has 0 unspecified atom stereocenters. The Balaban J connectivity index is 1.63. The van der Waals surface area contributed by atoms with Crippen LogP contribution in [0.2, 0.25) is 0 Å². The first-order valence-corrected chi connectivity index (χ1v) is 9.51. The molecule has 3 heterocycles. The topological polar surface area (TPSA) is 125 Å². The number of H-pyrrole nitrogens is 1. The van der Waals surface area contributed by atoms with Gasteiger partial charge >= 0.3 is 5.97 Å². The molecule has 0 fully saturated rings. The van der Waals surface area contributed by atoms with E-state index < -0.39 is 12.1 Å². The second-order valence-corrected chi connectivity index (χ2v) is 7.01. The van der Waals surface area contributed by atoms with Crippen LogP contribution in [0.1, 0.15) is 6.92 Å². The van der Waals surface area contributed by atoms with E-state index in [1.165, 1.54) is 7.11 Å². The van der Waals surface area contributed by atoms with Gasteiger partial charge in [-0.1, -0.05) is 0 Å². The van der Waals surface area contributed by atoms with Gasteiger partial charge in [0.05, 0.1) is 29.4 Å². The van der Waals surface area contributed by atoms with Crippen molar-refractivity contribution in [3.63, 3.8) is 0 Å². The van der Waals surface area contributed by atoms with Gasteiger partial charge in [-0.3, -0.25) is 0 Å². The van der Waals surface area contributed by atoms with Crippen molar-refractivity contribution in [3.05, 3.63) is 30.3 Å². The zero-order valence-corrected chi connectivity index (χ0v) is 16.4. The molecule has 0 aliphatic carbocycles. The number of fused-ring (bicyclic) bond motifs is 1. The molecule has 154 valence electrons. The lowest BCUT2D eigenvalue weighted by molar-refractivity contribution is -0.147. The number of esters is 1. The molecule has 0 saturated carbocycles. The van der Waals surface area contributed by atoms with Crippen molar-refractivity contribution in [2.45, 2.75) is 13.0 Å². The Morgan fingerprint density at radius 1 is 1.30 bits per heavy atom. The average molecular weight is 408 g/mol. The van der Waals surface area contributed by atoms with Crippen LogP contribution < -0.4 is 20.5 Å². The highest BCUT2D eigenvalue weighted by Crippen LogP contribution is 2.43. The third kappa shape index (κ3) is 2.95. The van der Waals surface area contributed by atoms with Crippen LogP contribution in [0, 0.1) is 0 Å². The van der Waals surface area contributed by atoms with Crippen molar-refractivity contribution in [3.8, 4) is 22.8 Å². The molecule has 0 bridgehead atoms. The van der Waals surface area contributed by atoms with E-state index >= 15 is 0 Å². The minimum atomic E-state index is -0.738. The summed E-state index contributed by atoms with van der Waals surface area (Å²) in [4.78, 5) is 19.4. The van der Waals surface area contributed by atoms with Crippen molar-refractivity contribution >= 4 is 39.7 Å². The average Bonchev–Trinajstić information content (AvgIpc) is 3.21. The van der Waals surface area contributed by atoms with E-state index in [-0.39, 0.29) is 6.01 Å². The monoisotopic (exact) mass is 408 g/mol. The fourth-order valence-electron chi connectivity index (χ4n) is 3.70. The Labute approximate surface area is 171 Å². The number of aromatic nitrogens is 2. The van der Waals surface area contributed by atoms with Crippen molar-refractivity contribution in [1.82, 2.24) is 9.97 Å². The molecule has 5 rings (SSSR count). The molecule has 2 aromatic heterocycles. The molecule has 1 aliphatic heterocycles. The summed E-state index contributed by atoms with van der Waals surface area (Å²) < 4.78 is 21.8. The van der Waals surface area contributed by atoms with Crippen molar-refractivity contribution in [2.24, 2.45) is 0 Å². The number of methoxy groups -OCH3 is 1. The van der Waals surface area contributed by atoms with Gasteiger partial charge in [0.2, 0.25) is 0 Å². The summed E-state index contributed by atoms with van der Waals surface area (Å²) in [5.74, 6) is 0.738. The molecular formula is C21H20N4O5. The summed E-state index contributed by atoms with van der Waals surface area (Å²) >= 11 is 0. The van der Waals surface area contributed by atoms with Gasteiger partial charge in [0.25, 0.3) is 6.01 Å². The van der Waals surface area contributed by atoms with Crippen LogP contribution in [0.5, 0.6) is 11.5 Å². The molecule has 9 heteroatoms. The highest BCUT2D eigenvalue weighted by Gasteiger charge is 2.23. The predicted octanol–water partition coefficient (Wildman–Crippen LogP) is 3.30. The summed E-state index contributed by atoms with van der Waals surface area (Å²) in [6, 6.07) is 9.46. The number of carbonyl (C=O) groups excluding carboxylic acids is 1. The molecule has 1 aliphatic rings. The summed E-state index contributed by atoms with van der Waals surface area (Å²) in [7, 11) is 1.33. The van der Waals surface area contributed by atoms with Crippen LogP contribution in [-0.4, -0.2) is 42.3 Å². The highest BCUT2D eigenvalue weighted by atomic mass is 16.6. The minimum Gasteiger partial charge on any atom is -0.491 e. The van der Waals surface area contributed by atoms with Gasteiger partial charge < -0.3 is 34.7 Å². The number of hydrogen-bond donors (Lipinski definition) is 3. The minimum absolute atomic E-state index is 0.132. The van der Waals surface area contributed by atoms with Crippen LogP contribution in [0.3, 0.4) is 0 Å². The van der Waals surface area contributed by atoms with E-state index in [4.69, 9.17) is 24.4 Å². The Hall–Kier alpha value is -3.88. The van der Waals surface area contributed by atoms with Gasteiger partial charge in [-0.05, 0) is 25.1 Å². The molecule has 30 heavy (non-hydrogen) atoms. The molecule has 0 radical (unpaired) electrons. The van der Waals surface area contributed by atoms with E-state index in [0.717, 1.165) is 27.8 Å². The maximum Gasteiger partial charge on any atom is 0.346 e. The Kier molecular flexibility index (Phi) is 4.16. The summed E-state index contributed by atoms with van der Waals surface area (Å²) in [6.07, 6.45) is -0.738. The molecule has 0 amide bonds. The van der Waals surface area contributed by atoms with E-state index in [1.54, 1.807) is 13.0 Å². The van der Waals surface area contributed by atoms with Crippen LogP contribution in [0.25, 0.3) is 33.3 Å². The number of benzene rings is 2. The number of hydrogen-bond acceptors (Lipinski definition) is 8. The lowest BCUT2D eigenvalue weighted by atomic mass is 10.1. The Morgan fingerprint density at radius 2 is 2.17 bits per heavy atom. The standard InChI is InChI=1S/C21H20N4O5/c1-10(20(26)27-2)29-12-8-14-17-16(9-12)28-6-5-23-19(17)18(24-14)11-3-4-15-13(7-11)25-21(22)30-15/h3-4,7-10,23-24H,5-6H2,1-2H3,(H2,22,25)/t10-/m0/s1. The van der Waals surface area contributed by atoms with Crippen LogP contribution in [-0.2, 0) is 9.53 Å². The SMILES string of the molecule is COC(=O)[C@H](C)Oc1cc2c3c(c(-c4ccc5oc(N)nc5c4)[nH]c3c1)NCCO2. The van der Waals surface area contributed by atoms with Gasteiger partial charge in [0.1, 0.15) is 23.6 Å². The normalized spacial score (nSPS) is 14.1. The first-order valence-electron chi connectivity index (χ1n) is 9.51. The number of aromatic amines is 1. The maximum atomic E-state index is 11.7. The summed E-state index contributed by atoms with van der Waals surface area (Å²) in [5.41, 5.74) is 10.5. The van der Waals surface area contributed by atoms with Crippen molar-refractivity contribution in [2.75, 3.05) is 31.3 Å². The van der Waals surface area contributed by atoms with Crippen LogP contribution >= 0.6 is 0 Å². The first-order chi connectivity index (χ1) is 14.5. The number of nitrogen functional groups attached to an aromatic ring is 1. The predicted molar refractivity (Wildman–Crippen MR) is 112 cm³/mol. The van der Waals surface area contributed by atoms with Crippen molar-refractivity contribution in [1.29, 1.82) is 0 Å². The second kappa shape index (κ2) is 6.87. The van der Waals surface area contributed by atoms with Crippen molar-refractivity contribution < 1.29 is 23.4 Å². The van der Waals surface area contributed by atoms with Gasteiger partial charge in [-0.2, -0.15) is 4.98 Å². The molecule has 4 aromatic rings. The molecule has 9 nitrogen and oxygen atoms in total. The molecule has 2 aromatic carbocycles. The number of anilines is 2. The van der Waals surface area contributed by atoms with Gasteiger partial charge in [-0.15, -0.1) is 0 Å². The quantitative estimate of drug-likeness (QED) is 0.439. The largest absolute Gasteiger partial charge is 0.491 e. The molecular weight excluding hydrogens is 388 g/mol. The zero-order chi connectivity index (χ0) is 20.8. The summed E-state index contributed by atoms with van der Waals surface area (Å²) in [6.45, 7) is 2.78. The maximum absolute atomic E-state index is 11.7. The Morgan fingerprint density at radius 3 is 3.00 bits per heavy atom. The summed E-state index contributed by atoms with van der Waals surface area (Å²) in [5, 5.41) is 4.35. The van der Waals surface area contributed by atoms with E-state index in [9.17, 15) is 4.79 Å². The second-order valence-electron chi connectivity index (χ2n) is 7.01. The van der Waals surface area contributed by atoms with Gasteiger partial charge in [0.15, 0.2) is 11.7 Å². The Bertz CT molecular complexity index is 1280. The number of nitrogens with zero attached hydrogens (tertiary/aromatic N) is 1. The zero-order valence-electron chi connectivity index (χ0n) is 16.4. The lowest BCUT2D eigenvalue weighted by Gasteiger charge is -2.14. The molecule has 0 saturated heterocycles. The molecule has 0 spiro atoms. The number of carbonyl (C=O) groups is 1. The molecule has 1 atom stereocenters. The van der Waals surface area contributed by atoms with Crippen LogP contribution in [0.4, 0.5) is 11.7 Å². The van der Waals surface area contributed by atoms with E-state index in [0.29, 0.717) is 35.8 Å². The van der Waals surface area contributed by atoms with Crippen LogP contribution in [0.15, 0.2) is 34.7 Å². The van der Waals surface area contributed by atoms with Gasteiger partial charge in [0, 0.05) is 24.2 Å². The van der Waals surface area contributed by atoms with Gasteiger partial charge in [-0.25, -0.2) is 4.79 Å². The smallest absolute Gasteiger partial charge is 0.346 e. The fourth-order valence-corrected chi connectivity index (χ4v) is 3.70. The number of oxazole rings is 1. The fraction of sp³-hybridized carbons (Fsp3) is 0.238. The number of rotatable bonds is 4. The van der Waals surface area contributed by atoms with E-state index in [1.807, 2.05) is 24.3 Å². The number of nitrogens with two attached hydrogens (primary N) is 1. The third-order valence-electron chi connectivity index (χ3n) is 5.04.